The third-order valence-corrected chi connectivity index (χ3v) is 4.32. The third kappa shape index (κ3) is 2.03. The fourth-order valence-electron chi connectivity index (χ4n) is 3.43. The van der Waals surface area contributed by atoms with E-state index in [-0.39, 0.29) is 5.56 Å². The number of nitrogens with one attached hydrogen (secondary N) is 1. The molecule has 5 nitrogen and oxygen atoms in total. The first kappa shape index (κ1) is 11.7. The SMILES string of the molecule is Cc1nc(N2CC3CCCC(N)C3C2)cc(=O)[nH]1. The van der Waals surface area contributed by atoms with Crippen LogP contribution in [-0.4, -0.2) is 29.1 Å². The highest BCUT2D eigenvalue weighted by Gasteiger charge is 2.39. The van der Waals surface area contributed by atoms with Crippen LogP contribution in [0.2, 0.25) is 0 Å². The molecule has 1 saturated carbocycles. The van der Waals surface area contributed by atoms with Crippen LogP contribution in [-0.2, 0) is 0 Å². The van der Waals surface area contributed by atoms with Gasteiger partial charge in [-0.3, -0.25) is 4.79 Å². The van der Waals surface area contributed by atoms with Crippen LogP contribution in [0.1, 0.15) is 25.1 Å². The average molecular weight is 248 g/mol. The van der Waals surface area contributed by atoms with E-state index in [1.54, 1.807) is 6.07 Å². The van der Waals surface area contributed by atoms with E-state index < -0.39 is 0 Å². The minimum Gasteiger partial charge on any atom is -0.356 e. The summed E-state index contributed by atoms with van der Waals surface area (Å²) in [6.45, 7) is 3.76. The molecule has 0 radical (unpaired) electrons. The summed E-state index contributed by atoms with van der Waals surface area (Å²) < 4.78 is 0. The molecule has 0 spiro atoms. The molecule has 2 heterocycles. The van der Waals surface area contributed by atoms with Crippen molar-refractivity contribution in [1.29, 1.82) is 0 Å². The Morgan fingerprint density at radius 3 is 3.00 bits per heavy atom. The van der Waals surface area contributed by atoms with Gasteiger partial charge in [0.15, 0.2) is 0 Å². The fraction of sp³-hybridized carbons (Fsp3) is 0.692. The summed E-state index contributed by atoms with van der Waals surface area (Å²) in [7, 11) is 0. The van der Waals surface area contributed by atoms with Gasteiger partial charge in [-0.2, -0.15) is 0 Å². The topological polar surface area (TPSA) is 75.0 Å². The van der Waals surface area contributed by atoms with E-state index in [0.29, 0.717) is 23.7 Å². The summed E-state index contributed by atoms with van der Waals surface area (Å²) in [5.41, 5.74) is 6.13. The molecule has 1 aliphatic heterocycles. The predicted molar refractivity (Wildman–Crippen MR) is 70.6 cm³/mol. The first-order chi connectivity index (χ1) is 8.63. The third-order valence-electron chi connectivity index (χ3n) is 4.32. The van der Waals surface area contributed by atoms with Crippen LogP contribution in [0.5, 0.6) is 0 Å². The maximum atomic E-state index is 11.5. The molecular formula is C13H20N4O. The van der Waals surface area contributed by atoms with E-state index in [9.17, 15) is 4.79 Å². The Labute approximate surface area is 106 Å². The van der Waals surface area contributed by atoms with Crippen molar-refractivity contribution in [3.8, 4) is 0 Å². The van der Waals surface area contributed by atoms with Crippen molar-refractivity contribution in [1.82, 2.24) is 9.97 Å². The zero-order valence-corrected chi connectivity index (χ0v) is 10.7. The molecule has 1 aromatic heterocycles. The van der Waals surface area contributed by atoms with Crippen LogP contribution in [0.15, 0.2) is 10.9 Å². The van der Waals surface area contributed by atoms with Crippen molar-refractivity contribution in [3.05, 3.63) is 22.2 Å². The van der Waals surface area contributed by atoms with Crippen LogP contribution in [0.25, 0.3) is 0 Å². The van der Waals surface area contributed by atoms with Gasteiger partial charge in [-0.05, 0) is 31.6 Å². The lowest BCUT2D eigenvalue weighted by molar-refractivity contribution is 0.260. The van der Waals surface area contributed by atoms with Crippen LogP contribution in [0.3, 0.4) is 0 Å². The molecule has 3 N–H and O–H groups in total. The number of rotatable bonds is 1. The minimum atomic E-state index is -0.0725. The Bertz CT molecular complexity index is 498. The smallest absolute Gasteiger partial charge is 0.252 e. The molecule has 1 saturated heterocycles. The second-order valence-electron chi connectivity index (χ2n) is 5.61. The Balaban J connectivity index is 1.84. The summed E-state index contributed by atoms with van der Waals surface area (Å²) in [6, 6.07) is 1.91. The first-order valence-corrected chi connectivity index (χ1v) is 6.72. The van der Waals surface area contributed by atoms with E-state index in [1.165, 1.54) is 12.8 Å². The number of aryl methyl sites for hydroxylation is 1. The predicted octanol–water partition coefficient (Wildman–Crippen LogP) is 0.642. The monoisotopic (exact) mass is 248 g/mol. The minimum absolute atomic E-state index is 0.0725. The Morgan fingerprint density at radius 2 is 2.28 bits per heavy atom. The van der Waals surface area contributed by atoms with Crippen molar-refractivity contribution in [2.24, 2.45) is 17.6 Å². The molecule has 0 bridgehead atoms. The van der Waals surface area contributed by atoms with Crippen LogP contribution in [0.4, 0.5) is 5.82 Å². The summed E-state index contributed by atoms with van der Waals surface area (Å²) in [5, 5.41) is 0. The zero-order valence-electron chi connectivity index (χ0n) is 10.7. The van der Waals surface area contributed by atoms with Crippen molar-refractivity contribution >= 4 is 5.82 Å². The highest BCUT2D eigenvalue weighted by Crippen LogP contribution is 2.36. The van der Waals surface area contributed by atoms with Crippen molar-refractivity contribution in [2.45, 2.75) is 32.2 Å². The largest absolute Gasteiger partial charge is 0.356 e. The molecule has 3 unspecified atom stereocenters. The molecule has 1 aliphatic carbocycles. The van der Waals surface area contributed by atoms with Gasteiger partial charge in [0.1, 0.15) is 11.6 Å². The van der Waals surface area contributed by atoms with Gasteiger partial charge < -0.3 is 15.6 Å². The van der Waals surface area contributed by atoms with Gasteiger partial charge in [-0.1, -0.05) is 6.42 Å². The fourth-order valence-corrected chi connectivity index (χ4v) is 3.43. The quantitative estimate of drug-likeness (QED) is 0.765. The van der Waals surface area contributed by atoms with Crippen LogP contribution >= 0.6 is 0 Å². The van der Waals surface area contributed by atoms with Crippen molar-refractivity contribution in [3.63, 3.8) is 0 Å². The van der Waals surface area contributed by atoms with Crippen molar-refractivity contribution in [2.75, 3.05) is 18.0 Å². The molecule has 0 aromatic carbocycles. The molecule has 98 valence electrons. The summed E-state index contributed by atoms with van der Waals surface area (Å²) in [6.07, 6.45) is 3.63. The standard InChI is InChI=1S/C13H20N4O/c1-8-15-12(5-13(18)16-8)17-6-9-3-2-4-11(14)10(9)7-17/h5,9-11H,2-4,6-7,14H2,1H3,(H,15,16,18). The van der Waals surface area contributed by atoms with E-state index >= 15 is 0 Å². The number of hydrogen-bond acceptors (Lipinski definition) is 4. The average Bonchev–Trinajstić information content (AvgIpc) is 2.73. The van der Waals surface area contributed by atoms with Gasteiger partial charge in [0, 0.05) is 25.2 Å². The molecule has 3 rings (SSSR count). The number of aromatic nitrogens is 2. The number of nitrogens with zero attached hydrogens (tertiary/aromatic N) is 2. The summed E-state index contributed by atoms with van der Waals surface area (Å²) >= 11 is 0. The van der Waals surface area contributed by atoms with E-state index in [1.807, 2.05) is 6.92 Å². The second-order valence-corrected chi connectivity index (χ2v) is 5.61. The summed E-state index contributed by atoms with van der Waals surface area (Å²) in [5.74, 6) is 2.73. The molecule has 2 fully saturated rings. The Hall–Kier alpha value is -1.36. The van der Waals surface area contributed by atoms with Crippen LogP contribution < -0.4 is 16.2 Å². The van der Waals surface area contributed by atoms with Gasteiger partial charge in [-0.25, -0.2) is 4.98 Å². The Morgan fingerprint density at radius 1 is 1.44 bits per heavy atom. The summed E-state index contributed by atoms with van der Waals surface area (Å²) in [4.78, 5) is 20.8. The van der Waals surface area contributed by atoms with Gasteiger partial charge in [0.25, 0.3) is 5.56 Å². The molecular weight excluding hydrogens is 228 g/mol. The lowest BCUT2D eigenvalue weighted by Gasteiger charge is -2.29. The molecule has 5 heteroatoms. The first-order valence-electron chi connectivity index (χ1n) is 6.72. The van der Waals surface area contributed by atoms with Gasteiger partial charge in [0.2, 0.25) is 0 Å². The van der Waals surface area contributed by atoms with E-state index in [4.69, 9.17) is 5.73 Å². The maximum absolute atomic E-state index is 11.5. The maximum Gasteiger partial charge on any atom is 0.252 e. The Kier molecular flexibility index (Phi) is 2.86. The number of nitrogens with two attached hydrogens (primary N) is 1. The highest BCUT2D eigenvalue weighted by molar-refractivity contribution is 5.39. The zero-order chi connectivity index (χ0) is 12.7. The normalized spacial score (nSPS) is 31.4. The number of H-pyrrole nitrogens is 1. The van der Waals surface area contributed by atoms with E-state index in [2.05, 4.69) is 14.9 Å². The highest BCUT2D eigenvalue weighted by atomic mass is 16.1. The number of hydrogen-bond donors (Lipinski definition) is 2. The van der Waals surface area contributed by atoms with E-state index in [0.717, 1.165) is 25.3 Å². The van der Waals surface area contributed by atoms with Gasteiger partial charge in [0.05, 0.1) is 0 Å². The van der Waals surface area contributed by atoms with Crippen molar-refractivity contribution < 1.29 is 0 Å². The number of anilines is 1. The number of fused-ring (bicyclic) bond motifs is 1. The second kappa shape index (κ2) is 4.39. The van der Waals surface area contributed by atoms with Crippen LogP contribution in [0, 0.1) is 18.8 Å². The lowest BCUT2D eigenvalue weighted by Crippen LogP contribution is -2.38. The molecule has 0 amide bonds. The molecule has 18 heavy (non-hydrogen) atoms. The molecule has 1 aromatic rings. The molecule has 2 aliphatic rings. The lowest BCUT2D eigenvalue weighted by atomic mass is 9.78. The van der Waals surface area contributed by atoms with Gasteiger partial charge >= 0.3 is 0 Å². The number of aromatic amines is 1. The van der Waals surface area contributed by atoms with Gasteiger partial charge in [-0.15, -0.1) is 0 Å². The molecule has 3 atom stereocenters.